The van der Waals surface area contributed by atoms with Crippen LogP contribution in [0.5, 0.6) is 46.0 Å². The Morgan fingerprint density at radius 1 is 0.327 bits per heavy atom. The summed E-state index contributed by atoms with van der Waals surface area (Å²) in [5.74, 6) is 0.911. The monoisotopic (exact) mass is 1430 g/mol. The fourth-order valence-electron chi connectivity index (χ4n) is 10.8. The number of halogens is 1. The van der Waals surface area contributed by atoms with E-state index in [2.05, 4.69) is 30.6 Å². The van der Waals surface area contributed by atoms with E-state index in [1.165, 1.54) is 24.3 Å². The van der Waals surface area contributed by atoms with E-state index in [4.69, 9.17) is 48.4 Å². The van der Waals surface area contributed by atoms with Crippen molar-refractivity contribution in [1.29, 1.82) is 0 Å². The first-order chi connectivity index (χ1) is 48.7. The number of aromatic hydroxyl groups is 5. The SMILES string of the molecule is CCOC(=O)C(C)Br.CCOC(=O)C(C)Oc1ccc(-c2nc(-c3ccc(OC(C)C(=O)OCC)c4ccccc34)nc(-c3ccc(OC(C)C(=O)OCC)c4ccccc34)n2)c(O)c1.Oc1ccc(-c2nc(-c3ccc(O)c4ccccc34)nc(-c3ccc(O)c4ccccc34)n2)c(O)c1. The number of hydrogen-bond acceptors (Lipinski definition) is 22. The molecule has 4 unspecified atom stereocenters. The maximum absolute atomic E-state index is 12.4. The van der Waals surface area contributed by atoms with Gasteiger partial charge >= 0.3 is 23.9 Å². The summed E-state index contributed by atoms with van der Waals surface area (Å²) in [5.41, 5.74) is 3.20. The van der Waals surface area contributed by atoms with Gasteiger partial charge in [0, 0.05) is 55.9 Å². The molecule has 10 aromatic carbocycles. The molecule has 12 aromatic rings. The first-order valence-corrected chi connectivity index (χ1v) is 33.3. The van der Waals surface area contributed by atoms with Crippen LogP contribution in [-0.2, 0) is 38.1 Å². The zero-order valence-corrected chi connectivity index (χ0v) is 57.8. The molecule has 23 heteroatoms. The molecule has 0 radical (unpaired) electrons. The fraction of sp³-hybridized carbons (Fsp3) is 0.205. The fourth-order valence-corrected chi connectivity index (χ4v) is 10.9. The molecule has 0 aliphatic rings. The summed E-state index contributed by atoms with van der Waals surface area (Å²) in [5, 5.41) is 58.2. The third kappa shape index (κ3) is 16.6. The van der Waals surface area contributed by atoms with Crippen molar-refractivity contribution in [3.63, 3.8) is 0 Å². The second kappa shape index (κ2) is 32.6. The predicted molar refractivity (Wildman–Crippen MR) is 386 cm³/mol. The number of carbonyl (C=O) groups excluding carboxylic acids is 4. The minimum atomic E-state index is -0.911. The Balaban J connectivity index is 0.000000212. The van der Waals surface area contributed by atoms with E-state index in [1.807, 2.05) is 97.1 Å². The molecule has 0 spiro atoms. The summed E-state index contributed by atoms with van der Waals surface area (Å²) >= 11 is 3.07. The van der Waals surface area contributed by atoms with Gasteiger partial charge in [0.05, 0.1) is 37.6 Å². The van der Waals surface area contributed by atoms with Gasteiger partial charge in [0.2, 0.25) is 0 Å². The van der Waals surface area contributed by atoms with Gasteiger partial charge in [-0.05, 0) is 150 Å². The lowest BCUT2D eigenvalue weighted by molar-refractivity contribution is -0.151. The van der Waals surface area contributed by atoms with E-state index in [9.17, 15) is 44.7 Å². The van der Waals surface area contributed by atoms with E-state index in [0.717, 1.165) is 21.5 Å². The van der Waals surface area contributed by atoms with Crippen LogP contribution in [0.15, 0.2) is 182 Å². The summed E-state index contributed by atoms with van der Waals surface area (Å²) in [6.07, 6.45) is -2.62. The number of rotatable bonds is 20. The summed E-state index contributed by atoms with van der Waals surface area (Å²) < 4.78 is 37.9. The van der Waals surface area contributed by atoms with Crippen LogP contribution in [0.3, 0.4) is 0 Å². The highest BCUT2D eigenvalue weighted by atomic mass is 79.9. The molecule has 101 heavy (non-hydrogen) atoms. The number of alkyl halides is 1. The number of esters is 4. The van der Waals surface area contributed by atoms with Crippen LogP contribution in [-0.4, -0.2) is 129 Å². The third-order valence-electron chi connectivity index (χ3n) is 15.6. The van der Waals surface area contributed by atoms with Gasteiger partial charge in [-0.3, -0.25) is 4.79 Å². The topological polar surface area (TPSA) is 311 Å². The van der Waals surface area contributed by atoms with Crippen molar-refractivity contribution in [3.8, 4) is 114 Å². The van der Waals surface area contributed by atoms with Gasteiger partial charge in [0.25, 0.3) is 0 Å². The van der Waals surface area contributed by atoms with E-state index < -0.39 is 36.2 Å². The molecule has 4 atom stereocenters. The van der Waals surface area contributed by atoms with Crippen molar-refractivity contribution >= 4 is 82.9 Å². The largest absolute Gasteiger partial charge is 0.508 e. The molecule has 0 aliphatic carbocycles. The molecule has 0 saturated carbocycles. The standard InChI is InChI=1S/C44H43N3O10.C29H19N3O4.C5H9BrO2/c1-7-52-42(49)25(4)55-28-18-19-35(36(48)24-28)41-46-39(33-20-22-37(31-16-12-10-14-29(31)33)56-26(5)43(50)53-8-2)45-40(47-41)34-21-23-38(32-17-13-11-15-30(32)34)57-27(6)44(51)54-9-3;33-16-9-10-23(26(36)15-16)29-31-27(21-11-13-24(34)19-7-3-1-5-17(19)21)30-28(32-29)22-12-14-25(35)20-8-4-2-6-18(20)22;1-3-8-5(7)4(2)6/h10-27,48H,7-9H2,1-6H3;1-15,33-36H;4H,3H2,1-2H3. The van der Waals surface area contributed by atoms with E-state index in [1.54, 1.807) is 116 Å². The number of phenolic OH excluding ortho intramolecular Hbond substituents is 5. The Kier molecular flexibility index (Phi) is 23.2. The number of phenols is 5. The molecule has 0 amide bonds. The van der Waals surface area contributed by atoms with Crippen molar-refractivity contribution < 1.29 is 77.9 Å². The first kappa shape index (κ1) is 71.8. The van der Waals surface area contributed by atoms with Gasteiger partial charge in [0.15, 0.2) is 53.3 Å². The summed E-state index contributed by atoms with van der Waals surface area (Å²) in [6.45, 7) is 14.6. The Bertz CT molecular complexity index is 4820. The number of fused-ring (bicyclic) bond motifs is 4. The molecule has 0 bridgehead atoms. The van der Waals surface area contributed by atoms with Crippen molar-refractivity contribution in [2.75, 3.05) is 26.4 Å². The van der Waals surface area contributed by atoms with Gasteiger partial charge in [-0.2, -0.15) is 0 Å². The Hall–Kier alpha value is -12.0. The molecule has 0 fully saturated rings. The third-order valence-corrected chi connectivity index (χ3v) is 16.0. The molecule has 5 N–H and O–H groups in total. The highest BCUT2D eigenvalue weighted by molar-refractivity contribution is 9.10. The highest BCUT2D eigenvalue weighted by Crippen LogP contribution is 2.42. The van der Waals surface area contributed by atoms with Crippen molar-refractivity contribution in [2.24, 2.45) is 0 Å². The number of carbonyl (C=O) groups is 4. The zero-order chi connectivity index (χ0) is 72.0. The number of nitrogens with zero attached hydrogens (tertiary/aromatic N) is 6. The van der Waals surface area contributed by atoms with E-state index >= 15 is 0 Å². The number of ether oxygens (including phenoxy) is 7. The lowest BCUT2D eigenvalue weighted by Gasteiger charge is -2.18. The van der Waals surface area contributed by atoms with Crippen LogP contribution in [0, 0.1) is 0 Å². The average Bonchev–Trinajstić information content (AvgIpc) is 0.768. The van der Waals surface area contributed by atoms with Gasteiger partial charge in [0.1, 0.15) is 50.8 Å². The maximum Gasteiger partial charge on any atom is 0.347 e. The highest BCUT2D eigenvalue weighted by Gasteiger charge is 2.26. The van der Waals surface area contributed by atoms with Crippen LogP contribution in [0.1, 0.15) is 55.4 Å². The van der Waals surface area contributed by atoms with Gasteiger partial charge in [-0.15, -0.1) is 0 Å². The van der Waals surface area contributed by atoms with Gasteiger partial charge in [-0.1, -0.05) is 113 Å². The summed E-state index contributed by atoms with van der Waals surface area (Å²) in [7, 11) is 0. The van der Waals surface area contributed by atoms with Gasteiger partial charge in [-0.25, -0.2) is 44.3 Å². The molecular weight excluding hydrogens is 1360 g/mol. The molecular formula is C78H71BrN6O16. The van der Waals surface area contributed by atoms with E-state index in [-0.39, 0.29) is 94.0 Å². The predicted octanol–water partition coefficient (Wildman–Crippen LogP) is 15.2. The summed E-state index contributed by atoms with van der Waals surface area (Å²) in [4.78, 5) is 76.3. The second-order valence-electron chi connectivity index (χ2n) is 22.6. The van der Waals surface area contributed by atoms with Crippen LogP contribution in [0.25, 0.3) is 111 Å². The van der Waals surface area contributed by atoms with Gasteiger partial charge < -0.3 is 58.7 Å². The van der Waals surface area contributed by atoms with Crippen LogP contribution < -0.4 is 14.2 Å². The lowest BCUT2D eigenvalue weighted by atomic mass is 10.0. The minimum absolute atomic E-state index is 0.0835. The van der Waals surface area contributed by atoms with Crippen LogP contribution in [0.4, 0.5) is 0 Å². The lowest BCUT2D eigenvalue weighted by Crippen LogP contribution is -2.26. The Labute approximate surface area is 588 Å². The Morgan fingerprint density at radius 2 is 0.614 bits per heavy atom. The molecule has 2 heterocycles. The molecule has 2 aromatic heterocycles. The molecule has 0 saturated heterocycles. The number of hydrogen-bond donors (Lipinski definition) is 5. The van der Waals surface area contributed by atoms with Crippen LogP contribution in [0.2, 0.25) is 0 Å². The second-order valence-corrected chi connectivity index (χ2v) is 23.9. The quantitative estimate of drug-likeness (QED) is 0.0269. The molecule has 22 nitrogen and oxygen atoms in total. The normalized spacial score (nSPS) is 12.2. The number of benzene rings is 10. The van der Waals surface area contributed by atoms with Crippen LogP contribution >= 0.6 is 15.9 Å². The zero-order valence-electron chi connectivity index (χ0n) is 56.2. The molecule has 0 aliphatic heterocycles. The minimum Gasteiger partial charge on any atom is -0.508 e. The smallest absolute Gasteiger partial charge is 0.347 e. The molecule has 516 valence electrons. The first-order valence-electron chi connectivity index (χ1n) is 32.3. The van der Waals surface area contributed by atoms with E-state index in [0.29, 0.717) is 79.1 Å². The van der Waals surface area contributed by atoms with Crippen molar-refractivity contribution in [3.05, 3.63) is 182 Å². The summed E-state index contributed by atoms with van der Waals surface area (Å²) in [6, 6.07) is 52.4. The van der Waals surface area contributed by atoms with Crippen molar-refractivity contribution in [2.45, 2.75) is 78.5 Å². The molecule has 12 rings (SSSR count). The number of aromatic nitrogens is 6. The average molecular weight is 1430 g/mol. The van der Waals surface area contributed by atoms with Crippen molar-refractivity contribution in [1.82, 2.24) is 29.9 Å². The maximum atomic E-state index is 12.4. The Morgan fingerprint density at radius 3 is 0.950 bits per heavy atom.